The molecule has 0 amide bonds. The van der Waals surface area contributed by atoms with E-state index in [1.165, 1.54) is 28.5 Å². The Hall–Kier alpha value is -3.43. The van der Waals surface area contributed by atoms with Crippen LogP contribution in [0, 0.1) is 5.92 Å². The summed E-state index contributed by atoms with van der Waals surface area (Å²) in [5.41, 5.74) is 7.85. The number of aromatic nitrogens is 4. The third-order valence-corrected chi connectivity index (χ3v) is 5.99. The molecule has 5 rings (SSSR count). The zero-order valence-electron chi connectivity index (χ0n) is 16.8. The topological polar surface area (TPSA) is 63.0 Å². The minimum Gasteiger partial charge on any atom is -0.271 e. The molecule has 1 atom stereocenters. The van der Waals surface area contributed by atoms with Gasteiger partial charge in [0, 0.05) is 11.6 Å². The molecule has 1 saturated carbocycles. The Labute approximate surface area is 175 Å². The number of hydrogen-bond acceptors (Lipinski definition) is 3. The smallest absolute Gasteiger partial charge is 0.271 e. The molecule has 1 unspecified atom stereocenters. The molecule has 0 aliphatic heterocycles. The Morgan fingerprint density at radius 3 is 2.90 bits per heavy atom. The molecular formula is C25H24N4O. The highest BCUT2D eigenvalue weighted by Crippen LogP contribution is 2.36. The highest BCUT2D eigenvalue weighted by atomic mass is 16.1. The normalized spacial score (nSPS) is 21.5. The number of allylic oxidation sites excluding steroid dienone is 5. The monoisotopic (exact) mass is 396 g/mol. The molecule has 0 saturated heterocycles. The predicted molar refractivity (Wildman–Crippen MR) is 118 cm³/mol. The first-order valence-electron chi connectivity index (χ1n) is 10.6. The van der Waals surface area contributed by atoms with Gasteiger partial charge in [-0.25, -0.2) is 4.98 Å². The van der Waals surface area contributed by atoms with Crippen molar-refractivity contribution in [1.29, 1.82) is 0 Å². The average molecular weight is 396 g/mol. The van der Waals surface area contributed by atoms with Crippen molar-refractivity contribution in [3.8, 4) is 11.4 Å². The molecule has 0 spiro atoms. The number of aromatic amines is 1. The third-order valence-electron chi connectivity index (χ3n) is 5.99. The van der Waals surface area contributed by atoms with Crippen LogP contribution in [-0.4, -0.2) is 19.6 Å². The Morgan fingerprint density at radius 1 is 1.13 bits per heavy atom. The molecule has 2 aliphatic carbocycles. The number of rotatable bonds is 5. The fourth-order valence-electron chi connectivity index (χ4n) is 4.39. The van der Waals surface area contributed by atoms with E-state index in [1.807, 2.05) is 42.5 Å². The van der Waals surface area contributed by atoms with Gasteiger partial charge in [-0.15, -0.1) is 5.73 Å². The van der Waals surface area contributed by atoms with Crippen LogP contribution in [0.2, 0.25) is 0 Å². The van der Waals surface area contributed by atoms with Crippen LogP contribution in [0.25, 0.3) is 17.2 Å². The lowest BCUT2D eigenvalue weighted by molar-refractivity contribution is 0.460. The van der Waals surface area contributed by atoms with Crippen molar-refractivity contribution < 1.29 is 0 Å². The number of H-pyrrole nitrogens is 1. The predicted octanol–water partition coefficient (Wildman–Crippen LogP) is 4.79. The van der Waals surface area contributed by atoms with Gasteiger partial charge in [-0.3, -0.25) is 9.89 Å². The average Bonchev–Trinajstić information content (AvgIpc) is 3.18. The van der Waals surface area contributed by atoms with Crippen LogP contribution in [0.15, 0.2) is 82.4 Å². The van der Waals surface area contributed by atoms with E-state index in [2.05, 4.69) is 32.9 Å². The molecule has 150 valence electrons. The number of benzene rings is 1. The number of nitrogens with zero attached hydrogens (tertiary/aromatic N) is 3. The van der Waals surface area contributed by atoms with Gasteiger partial charge in [0.15, 0.2) is 5.82 Å². The maximum atomic E-state index is 12.5. The second-order valence-corrected chi connectivity index (χ2v) is 8.03. The Kier molecular flexibility index (Phi) is 5.04. The Balaban J connectivity index is 1.30. The lowest BCUT2D eigenvalue weighted by Gasteiger charge is -2.27. The van der Waals surface area contributed by atoms with Crippen LogP contribution in [0.5, 0.6) is 0 Å². The second-order valence-electron chi connectivity index (χ2n) is 8.03. The van der Waals surface area contributed by atoms with Crippen molar-refractivity contribution in [2.24, 2.45) is 5.92 Å². The van der Waals surface area contributed by atoms with Crippen molar-refractivity contribution in [3.05, 3.63) is 93.6 Å². The molecule has 2 aromatic heterocycles. The Bertz CT molecular complexity index is 1250. The van der Waals surface area contributed by atoms with Crippen molar-refractivity contribution in [3.63, 3.8) is 0 Å². The fraction of sp³-hybridized carbons (Fsp3) is 0.280. The molecule has 1 N–H and O–H groups in total. The molecule has 30 heavy (non-hydrogen) atoms. The van der Waals surface area contributed by atoms with Gasteiger partial charge < -0.3 is 0 Å². The van der Waals surface area contributed by atoms with E-state index in [-0.39, 0.29) is 5.56 Å². The minimum absolute atomic E-state index is 0.114. The summed E-state index contributed by atoms with van der Waals surface area (Å²) < 4.78 is 1.42. The molecule has 1 aromatic carbocycles. The van der Waals surface area contributed by atoms with Gasteiger partial charge in [0.05, 0.1) is 5.69 Å². The van der Waals surface area contributed by atoms with Gasteiger partial charge in [0.1, 0.15) is 0 Å². The molecule has 1 fully saturated rings. The molecule has 5 heteroatoms. The lowest BCUT2D eigenvalue weighted by Crippen LogP contribution is -2.16. The van der Waals surface area contributed by atoms with Gasteiger partial charge in [0.25, 0.3) is 11.3 Å². The van der Waals surface area contributed by atoms with Crippen molar-refractivity contribution in [1.82, 2.24) is 19.6 Å². The van der Waals surface area contributed by atoms with Crippen LogP contribution in [0.4, 0.5) is 0 Å². The van der Waals surface area contributed by atoms with E-state index in [0.717, 1.165) is 36.9 Å². The number of hydrogen-bond donors (Lipinski definition) is 1. The van der Waals surface area contributed by atoms with E-state index in [4.69, 9.17) is 0 Å². The Morgan fingerprint density at radius 2 is 2.00 bits per heavy atom. The number of nitrogens with one attached hydrogen (secondary N) is 1. The maximum absolute atomic E-state index is 12.5. The maximum Gasteiger partial charge on any atom is 0.274 e. The van der Waals surface area contributed by atoms with Crippen LogP contribution in [-0.2, 0) is 6.42 Å². The molecule has 5 nitrogen and oxygen atoms in total. The third kappa shape index (κ3) is 3.85. The highest BCUT2D eigenvalue weighted by molar-refractivity contribution is 5.56. The van der Waals surface area contributed by atoms with E-state index in [0.29, 0.717) is 17.5 Å². The standard InChI is InChI=1S/C25H24N4O/c30-23-17-22(26-25-27-24(28-29(23)25)20-9-4-2-5-10-20)13-7-12-19-15-14-18-8-3-1-6-11-21(19)16-18/h2-6,8-11,17,19H,7,12-16H2,(H,26,27,28)/b18-8-,21-11+. The van der Waals surface area contributed by atoms with Gasteiger partial charge in [-0.1, -0.05) is 53.6 Å². The molecule has 2 heterocycles. The van der Waals surface area contributed by atoms with Crippen LogP contribution in [0.3, 0.4) is 0 Å². The summed E-state index contributed by atoms with van der Waals surface area (Å²) in [4.78, 5) is 21.7. The van der Waals surface area contributed by atoms with Gasteiger partial charge in [-0.05, 0) is 56.6 Å². The SMILES string of the molecule is O=c1cc(CCCC2CC/C3=C/C=C=C/C=C/2C3)nc2nc(-c3ccccc3)[nH]n12. The van der Waals surface area contributed by atoms with E-state index in [1.54, 1.807) is 6.07 Å². The number of aryl methyl sites for hydroxylation is 1. The van der Waals surface area contributed by atoms with E-state index in [9.17, 15) is 4.79 Å². The first kappa shape index (κ1) is 18.6. The summed E-state index contributed by atoms with van der Waals surface area (Å²) in [5.74, 6) is 1.70. The van der Waals surface area contributed by atoms with Crippen molar-refractivity contribution in [2.45, 2.75) is 38.5 Å². The van der Waals surface area contributed by atoms with Gasteiger partial charge in [-0.2, -0.15) is 9.50 Å². The summed E-state index contributed by atoms with van der Waals surface area (Å²) in [6.45, 7) is 0. The van der Waals surface area contributed by atoms with Gasteiger partial charge >= 0.3 is 0 Å². The lowest BCUT2D eigenvalue weighted by atomic mass is 9.78. The first-order chi connectivity index (χ1) is 14.8. The first-order valence-corrected chi connectivity index (χ1v) is 10.6. The molecule has 3 aromatic rings. The van der Waals surface area contributed by atoms with Crippen LogP contribution in [0.1, 0.15) is 37.8 Å². The summed E-state index contributed by atoms with van der Waals surface area (Å²) in [6, 6.07) is 11.4. The van der Waals surface area contributed by atoms with Crippen LogP contribution < -0.4 is 5.56 Å². The zero-order chi connectivity index (χ0) is 20.3. The summed E-state index contributed by atoms with van der Waals surface area (Å²) in [5, 5.41) is 3.06. The molecule has 2 bridgehead atoms. The summed E-state index contributed by atoms with van der Waals surface area (Å²) >= 11 is 0. The molecular weight excluding hydrogens is 372 g/mol. The van der Waals surface area contributed by atoms with E-state index < -0.39 is 0 Å². The minimum atomic E-state index is -0.114. The molecule has 2 aliphatic rings. The highest BCUT2D eigenvalue weighted by Gasteiger charge is 2.21. The largest absolute Gasteiger partial charge is 0.274 e. The summed E-state index contributed by atoms with van der Waals surface area (Å²) in [6.07, 6.45) is 14.9. The van der Waals surface area contributed by atoms with Crippen LogP contribution >= 0.6 is 0 Å². The van der Waals surface area contributed by atoms with Gasteiger partial charge in [0.2, 0.25) is 0 Å². The van der Waals surface area contributed by atoms with Crippen molar-refractivity contribution >= 4 is 5.78 Å². The fourth-order valence-corrected chi connectivity index (χ4v) is 4.39. The zero-order valence-corrected chi connectivity index (χ0v) is 16.8. The molecule has 0 radical (unpaired) electrons. The quantitative estimate of drug-likeness (QED) is 0.631. The second kappa shape index (κ2) is 8.13. The van der Waals surface area contributed by atoms with E-state index >= 15 is 0 Å². The van der Waals surface area contributed by atoms with Crippen molar-refractivity contribution in [2.75, 3.05) is 0 Å². The summed E-state index contributed by atoms with van der Waals surface area (Å²) in [7, 11) is 0. The number of fused-ring (bicyclic) bond motifs is 3.